The summed E-state index contributed by atoms with van der Waals surface area (Å²) in [5, 5.41) is 6.01. The zero-order valence-electron chi connectivity index (χ0n) is 18.7. The second-order valence-corrected chi connectivity index (χ2v) is 9.38. The van der Waals surface area contributed by atoms with Crippen LogP contribution in [0, 0.1) is 11.7 Å². The lowest BCUT2D eigenvalue weighted by atomic mass is 9.91. The van der Waals surface area contributed by atoms with Crippen LogP contribution in [0.1, 0.15) is 37.7 Å². The minimum atomic E-state index is -0.225. The first kappa shape index (κ1) is 23.0. The molecule has 1 aromatic carbocycles. The highest BCUT2D eigenvalue weighted by molar-refractivity contribution is 5.79. The van der Waals surface area contributed by atoms with E-state index in [1.165, 1.54) is 12.1 Å². The SMILES string of the molecule is O=C(NC1CC1)NC(CC(=O)N1CCCC(Cc2ccc(F)cc2)C1)CN1CCOCC1. The van der Waals surface area contributed by atoms with E-state index in [1.54, 1.807) is 0 Å². The van der Waals surface area contributed by atoms with E-state index in [0.717, 1.165) is 63.8 Å². The van der Waals surface area contributed by atoms with Crippen molar-refractivity contribution >= 4 is 11.9 Å². The van der Waals surface area contributed by atoms with Crippen LogP contribution in [-0.4, -0.2) is 79.8 Å². The van der Waals surface area contributed by atoms with Gasteiger partial charge in [0.25, 0.3) is 0 Å². The van der Waals surface area contributed by atoms with Crippen LogP contribution in [0.15, 0.2) is 24.3 Å². The number of benzene rings is 1. The van der Waals surface area contributed by atoms with Gasteiger partial charge >= 0.3 is 6.03 Å². The highest BCUT2D eigenvalue weighted by Crippen LogP contribution is 2.22. The smallest absolute Gasteiger partial charge is 0.315 e. The molecule has 3 fully saturated rings. The number of hydrogen-bond donors (Lipinski definition) is 2. The normalized spacial score (nSPS) is 22.9. The zero-order chi connectivity index (χ0) is 22.3. The highest BCUT2D eigenvalue weighted by Gasteiger charge is 2.29. The maximum Gasteiger partial charge on any atom is 0.315 e. The average Bonchev–Trinajstić information content (AvgIpc) is 3.60. The van der Waals surface area contributed by atoms with Crippen LogP contribution < -0.4 is 10.6 Å². The maximum atomic E-state index is 13.2. The van der Waals surface area contributed by atoms with Gasteiger partial charge in [0.2, 0.25) is 5.91 Å². The summed E-state index contributed by atoms with van der Waals surface area (Å²) in [7, 11) is 0. The molecular weight excluding hydrogens is 411 g/mol. The largest absolute Gasteiger partial charge is 0.379 e. The molecule has 2 unspecified atom stereocenters. The predicted molar refractivity (Wildman–Crippen MR) is 120 cm³/mol. The molecule has 2 saturated heterocycles. The third-order valence-electron chi connectivity index (χ3n) is 6.56. The van der Waals surface area contributed by atoms with Crippen LogP contribution in [0.5, 0.6) is 0 Å². The second kappa shape index (κ2) is 11.1. The molecule has 7 nitrogen and oxygen atoms in total. The average molecular weight is 447 g/mol. The van der Waals surface area contributed by atoms with Crippen LogP contribution in [0.3, 0.4) is 0 Å². The van der Waals surface area contributed by atoms with Gasteiger partial charge < -0.3 is 20.3 Å². The molecule has 0 bridgehead atoms. The van der Waals surface area contributed by atoms with Crippen molar-refractivity contribution < 1.29 is 18.7 Å². The van der Waals surface area contributed by atoms with Crippen LogP contribution in [-0.2, 0) is 16.0 Å². The van der Waals surface area contributed by atoms with Crippen molar-refractivity contribution in [1.29, 1.82) is 0 Å². The monoisotopic (exact) mass is 446 g/mol. The molecule has 0 radical (unpaired) electrons. The van der Waals surface area contributed by atoms with E-state index < -0.39 is 0 Å². The number of rotatable bonds is 8. The van der Waals surface area contributed by atoms with Crippen LogP contribution >= 0.6 is 0 Å². The molecule has 1 aliphatic carbocycles. The molecule has 0 spiro atoms. The summed E-state index contributed by atoms with van der Waals surface area (Å²) in [6, 6.07) is 6.53. The van der Waals surface area contributed by atoms with Crippen molar-refractivity contribution in [2.75, 3.05) is 45.9 Å². The number of halogens is 1. The number of hydrogen-bond acceptors (Lipinski definition) is 4. The summed E-state index contributed by atoms with van der Waals surface area (Å²) < 4.78 is 18.6. The zero-order valence-corrected chi connectivity index (χ0v) is 18.7. The van der Waals surface area contributed by atoms with E-state index in [9.17, 15) is 14.0 Å². The standard InChI is InChI=1S/C24H35FN4O3/c25-20-5-3-18(4-6-20)14-19-2-1-9-29(16-19)23(30)15-22(17-28-10-12-32-13-11-28)27-24(31)26-21-7-8-21/h3-6,19,21-22H,1-2,7-17H2,(H2,26,27,31). The lowest BCUT2D eigenvalue weighted by Crippen LogP contribution is -2.52. The fourth-order valence-corrected chi connectivity index (χ4v) is 4.65. The fraction of sp³-hybridized carbons (Fsp3) is 0.667. The van der Waals surface area contributed by atoms with E-state index in [2.05, 4.69) is 15.5 Å². The molecule has 2 aliphatic heterocycles. The Morgan fingerprint density at radius 2 is 1.84 bits per heavy atom. The molecule has 4 rings (SSSR count). The topological polar surface area (TPSA) is 73.9 Å². The number of urea groups is 1. The summed E-state index contributed by atoms with van der Waals surface area (Å²) in [6.45, 7) is 5.14. The summed E-state index contributed by atoms with van der Waals surface area (Å²) in [5.74, 6) is 0.250. The molecule has 2 heterocycles. The minimum Gasteiger partial charge on any atom is -0.379 e. The first-order valence-corrected chi connectivity index (χ1v) is 11.9. The molecule has 0 aromatic heterocycles. The molecule has 2 N–H and O–H groups in total. The first-order chi connectivity index (χ1) is 15.5. The molecule has 8 heteroatoms. The van der Waals surface area contributed by atoms with Gasteiger partial charge in [0.05, 0.1) is 19.3 Å². The number of likely N-dealkylation sites (tertiary alicyclic amines) is 1. The lowest BCUT2D eigenvalue weighted by Gasteiger charge is -2.35. The number of ether oxygens (including phenoxy) is 1. The van der Waals surface area contributed by atoms with Gasteiger partial charge in [0.1, 0.15) is 5.82 Å². The molecular formula is C24H35FN4O3. The van der Waals surface area contributed by atoms with Crippen molar-refractivity contribution in [1.82, 2.24) is 20.4 Å². The van der Waals surface area contributed by atoms with Crippen molar-refractivity contribution in [2.45, 2.75) is 50.6 Å². The Balaban J connectivity index is 1.31. The summed E-state index contributed by atoms with van der Waals surface area (Å²) in [4.78, 5) is 29.7. The number of nitrogens with one attached hydrogen (secondary N) is 2. The number of carbonyl (C=O) groups excluding carboxylic acids is 2. The van der Waals surface area contributed by atoms with Crippen molar-refractivity contribution in [2.24, 2.45) is 5.92 Å². The van der Waals surface area contributed by atoms with Crippen LogP contribution in [0.4, 0.5) is 9.18 Å². The predicted octanol–water partition coefficient (Wildman–Crippen LogP) is 2.16. The van der Waals surface area contributed by atoms with Gasteiger partial charge in [0, 0.05) is 45.2 Å². The Hall–Kier alpha value is -2.19. The maximum absolute atomic E-state index is 13.2. The molecule has 1 aromatic rings. The van der Waals surface area contributed by atoms with Gasteiger partial charge in [-0.05, 0) is 55.7 Å². The number of nitrogens with zero attached hydrogens (tertiary/aromatic N) is 2. The van der Waals surface area contributed by atoms with Gasteiger partial charge in [-0.3, -0.25) is 9.69 Å². The van der Waals surface area contributed by atoms with E-state index in [4.69, 9.17) is 4.74 Å². The molecule has 32 heavy (non-hydrogen) atoms. The Morgan fingerprint density at radius 3 is 2.56 bits per heavy atom. The second-order valence-electron chi connectivity index (χ2n) is 9.38. The Morgan fingerprint density at radius 1 is 1.09 bits per heavy atom. The quantitative estimate of drug-likeness (QED) is 0.642. The lowest BCUT2D eigenvalue weighted by molar-refractivity contribution is -0.133. The molecule has 1 saturated carbocycles. The van der Waals surface area contributed by atoms with Gasteiger partial charge in [-0.1, -0.05) is 12.1 Å². The van der Waals surface area contributed by atoms with E-state index in [-0.39, 0.29) is 29.8 Å². The third-order valence-corrected chi connectivity index (χ3v) is 6.56. The van der Waals surface area contributed by atoms with E-state index in [0.29, 0.717) is 32.1 Å². The van der Waals surface area contributed by atoms with Gasteiger partial charge in [-0.25, -0.2) is 9.18 Å². The Labute approximate surface area is 189 Å². The van der Waals surface area contributed by atoms with E-state index in [1.807, 2.05) is 17.0 Å². The molecule has 3 amide bonds. The molecule has 2 atom stereocenters. The van der Waals surface area contributed by atoms with Gasteiger partial charge in [-0.15, -0.1) is 0 Å². The highest BCUT2D eigenvalue weighted by atomic mass is 19.1. The Kier molecular flexibility index (Phi) is 7.97. The van der Waals surface area contributed by atoms with Crippen molar-refractivity contribution in [3.63, 3.8) is 0 Å². The summed E-state index contributed by atoms with van der Waals surface area (Å²) in [6.07, 6.45) is 5.26. The van der Waals surface area contributed by atoms with Crippen molar-refractivity contribution in [3.8, 4) is 0 Å². The number of morpholine rings is 1. The summed E-state index contributed by atoms with van der Waals surface area (Å²) in [5.41, 5.74) is 1.11. The third kappa shape index (κ3) is 7.17. The van der Waals surface area contributed by atoms with Crippen LogP contribution in [0.2, 0.25) is 0 Å². The first-order valence-electron chi connectivity index (χ1n) is 11.9. The fourth-order valence-electron chi connectivity index (χ4n) is 4.65. The van der Waals surface area contributed by atoms with Gasteiger partial charge in [0.15, 0.2) is 0 Å². The van der Waals surface area contributed by atoms with Crippen LogP contribution in [0.25, 0.3) is 0 Å². The summed E-state index contributed by atoms with van der Waals surface area (Å²) >= 11 is 0. The molecule has 176 valence electrons. The van der Waals surface area contributed by atoms with Crippen molar-refractivity contribution in [3.05, 3.63) is 35.6 Å². The number of amides is 3. The van der Waals surface area contributed by atoms with Gasteiger partial charge in [-0.2, -0.15) is 0 Å². The number of piperidine rings is 1. The minimum absolute atomic E-state index is 0.0961. The number of carbonyl (C=O) groups is 2. The Bertz CT molecular complexity index is 765. The van der Waals surface area contributed by atoms with E-state index >= 15 is 0 Å². The molecule has 3 aliphatic rings.